The molecule has 9 N–H and O–H groups in total. The summed E-state index contributed by atoms with van der Waals surface area (Å²) in [6.07, 6.45) is -2.90. The number of ether oxygens (including phenoxy) is 3. The Morgan fingerprint density at radius 1 is 0.712 bits per heavy atom. The molecule has 34 heteroatoms. The van der Waals surface area contributed by atoms with E-state index in [1.807, 2.05) is 11.6 Å². The van der Waals surface area contributed by atoms with Crippen LogP contribution in [-0.4, -0.2) is 95.7 Å². The van der Waals surface area contributed by atoms with Crippen molar-refractivity contribution in [2.45, 2.75) is 42.5 Å². The van der Waals surface area contributed by atoms with Crippen LogP contribution >= 0.6 is 46.4 Å². The van der Waals surface area contributed by atoms with Gasteiger partial charge in [0.05, 0.1) is 87.5 Å². The zero-order chi connectivity index (χ0) is 54.6. The van der Waals surface area contributed by atoms with Crippen LogP contribution in [0.5, 0.6) is 0 Å². The smallest absolute Gasteiger partial charge is 0.396 e. The molecule has 0 saturated carbocycles. The maximum atomic E-state index is 13.2. The Morgan fingerprint density at radius 3 is 1.60 bits per heavy atom. The first-order valence-electron chi connectivity index (χ1n) is 19.4. The third-order valence-corrected chi connectivity index (χ3v) is 12.7. The third-order valence-electron chi connectivity index (χ3n) is 8.92. The van der Waals surface area contributed by atoms with Gasteiger partial charge in [-0.15, -0.1) is 10.2 Å². The van der Waals surface area contributed by atoms with E-state index in [1.165, 1.54) is 50.7 Å². The number of sulfonamides is 2. The van der Waals surface area contributed by atoms with Crippen molar-refractivity contribution in [2.24, 2.45) is 5.84 Å². The van der Waals surface area contributed by atoms with Crippen LogP contribution in [0, 0.1) is 13.8 Å². The Balaban J connectivity index is 0.000000254. The lowest BCUT2D eigenvalue weighted by Gasteiger charge is -2.14. The number of hydrogen-bond donors (Lipinski definition) is 7. The monoisotopic (exact) mass is 1150 g/mol. The number of halogens is 10. The first kappa shape index (κ1) is 59.2. The number of alkyl halides is 6. The molecule has 5 aromatic heterocycles. The number of carbonyl (C=O) groups is 1. The molecule has 1 amide bonds. The fraction of sp³-hybridized carbons (Fsp3) is 0.205. The zero-order valence-corrected chi connectivity index (χ0v) is 42.4. The number of nitrogen functional groups attached to an aromatic ring is 2. The summed E-state index contributed by atoms with van der Waals surface area (Å²) in [6, 6.07) is 6.60. The lowest BCUT2D eigenvalue weighted by atomic mass is 10.2. The number of methoxy groups -OCH3 is 3. The maximum absolute atomic E-state index is 13.2. The summed E-state index contributed by atoms with van der Waals surface area (Å²) in [4.78, 5) is 18.1. The molecule has 0 spiro atoms. The van der Waals surface area contributed by atoms with Crippen LogP contribution in [-0.2, 0) is 46.6 Å². The molecule has 0 saturated heterocycles. The number of hydrogen-bond acceptors (Lipinski definition) is 16. The number of aromatic nitrogens is 9. The van der Waals surface area contributed by atoms with Gasteiger partial charge in [0.25, 0.3) is 32.4 Å². The van der Waals surface area contributed by atoms with Gasteiger partial charge in [-0.3, -0.25) is 34.4 Å². The van der Waals surface area contributed by atoms with E-state index in [1.54, 1.807) is 18.5 Å². The number of aryl methyl sites for hydroxylation is 2. The second kappa shape index (κ2) is 25.1. The van der Waals surface area contributed by atoms with Gasteiger partial charge in [0.2, 0.25) is 0 Å². The number of nitrogens with zero attached hydrogens (tertiary/aromatic N) is 7. The molecule has 7 rings (SSSR count). The van der Waals surface area contributed by atoms with Crippen molar-refractivity contribution in [1.82, 2.24) is 50.6 Å². The molecule has 394 valence electrons. The molecule has 0 aliphatic carbocycles. The molecule has 0 fully saturated rings. The number of nitrogens with two attached hydrogens (primary N) is 2. The van der Waals surface area contributed by atoms with Crippen LogP contribution in [0.15, 0.2) is 89.4 Å². The predicted molar refractivity (Wildman–Crippen MR) is 254 cm³/mol. The van der Waals surface area contributed by atoms with Gasteiger partial charge in [0.15, 0.2) is 11.5 Å². The molecule has 0 bridgehead atoms. The molecular formula is C39H38Cl4F6N14O8S2. The maximum Gasteiger partial charge on any atom is 0.417 e. The van der Waals surface area contributed by atoms with Gasteiger partial charge in [0.1, 0.15) is 12.0 Å². The minimum atomic E-state index is -4.86. The minimum Gasteiger partial charge on any atom is -0.396 e. The normalized spacial score (nSPS) is 11.6. The summed E-state index contributed by atoms with van der Waals surface area (Å²) in [5, 5.41) is 19.7. The van der Waals surface area contributed by atoms with E-state index >= 15 is 0 Å². The van der Waals surface area contributed by atoms with Gasteiger partial charge in [-0.2, -0.15) is 36.5 Å². The molecule has 22 nitrogen and oxygen atoms in total. The number of nitrogens with one attached hydrogen (secondary N) is 5. The van der Waals surface area contributed by atoms with Gasteiger partial charge in [-0.05, 0) is 62.4 Å². The van der Waals surface area contributed by atoms with Crippen LogP contribution in [0.2, 0.25) is 20.1 Å². The molecule has 2 aromatic carbocycles. The Morgan fingerprint density at radius 2 is 1.19 bits per heavy atom. The number of H-pyrrole nitrogens is 2. The van der Waals surface area contributed by atoms with Gasteiger partial charge >= 0.3 is 12.4 Å². The number of carbonyl (C=O) groups excluding carboxylic acids is 1. The van der Waals surface area contributed by atoms with E-state index in [0.717, 1.165) is 47.9 Å². The summed E-state index contributed by atoms with van der Waals surface area (Å²) in [5.74, 6) is 4.18. The van der Waals surface area contributed by atoms with Crippen LogP contribution < -0.4 is 26.4 Å². The van der Waals surface area contributed by atoms with Crippen molar-refractivity contribution < 1.29 is 62.2 Å². The van der Waals surface area contributed by atoms with Crippen LogP contribution in [0.25, 0.3) is 17.2 Å². The molecule has 7 aromatic rings. The Labute approximate surface area is 430 Å². The molecule has 0 unspecified atom stereocenters. The van der Waals surface area contributed by atoms with Crippen molar-refractivity contribution in [2.75, 3.05) is 36.5 Å². The third kappa shape index (κ3) is 15.8. The fourth-order valence-electron chi connectivity index (χ4n) is 5.46. The van der Waals surface area contributed by atoms with Crippen LogP contribution in [0.4, 0.5) is 43.4 Å². The molecule has 0 radical (unpaired) electrons. The highest BCUT2D eigenvalue weighted by Gasteiger charge is 2.36. The van der Waals surface area contributed by atoms with E-state index in [9.17, 15) is 48.0 Å². The Bertz CT molecular complexity index is 3230. The van der Waals surface area contributed by atoms with E-state index in [4.69, 9.17) is 58.0 Å². The standard InChI is InChI=1S/C18H12Cl2F3N7O2S.C13H9Cl2F3N4O3S.C4H7N3.C4H10O3/c1-9-15(7-25-27-9)30-8-26-28-17(30)16-14(4-10(19)6-24-16)29-33(31,32)11-2-3-13(20)12(5-11)18(21,22)23;14-6-3-10(11(20-5-6)12(23)21-19)22-26(24,25)7-1-2-9(15)8(4-7)13(16,17)18;1-3-4(5)2-6-7-3;1-5-4(6-2)7-3/h2-8,29H,1H3,(H,25,27);1-5,22H,19H2,(H,21,23);2H,5H2,1H3,(H,6,7);4H,1-3H3. The molecule has 0 aliphatic heterocycles. The lowest BCUT2D eigenvalue weighted by Crippen LogP contribution is -2.31. The van der Waals surface area contributed by atoms with Gasteiger partial charge in [0, 0.05) is 33.7 Å². The Hall–Kier alpha value is -6.35. The number of amides is 1. The number of hydrazine groups is 1. The summed E-state index contributed by atoms with van der Waals surface area (Å²) in [7, 11) is -4.49. The second-order valence-electron chi connectivity index (χ2n) is 13.9. The van der Waals surface area contributed by atoms with Gasteiger partial charge in [-0.1, -0.05) is 46.4 Å². The first-order chi connectivity index (χ1) is 34.1. The average molecular weight is 1150 g/mol. The van der Waals surface area contributed by atoms with Gasteiger partial charge < -0.3 is 19.9 Å². The van der Waals surface area contributed by atoms with Gasteiger partial charge in [-0.25, -0.2) is 32.6 Å². The SMILES string of the molecule is COC(OC)OC.Cc1[nH]ncc1-n1cnnc1-c1ncc(Cl)cc1NS(=O)(=O)c1ccc(Cl)c(C(F)(F)F)c1.Cc1[nH]ncc1N.NNC(=O)c1ncc(Cl)cc1NS(=O)(=O)c1ccc(Cl)c(C(F)(F)F)c1. The minimum absolute atomic E-state index is 0.0247. The van der Waals surface area contributed by atoms with E-state index in [-0.39, 0.29) is 32.9 Å². The second-order valence-corrected chi connectivity index (χ2v) is 19.0. The Kier molecular flexibility index (Phi) is 20.3. The van der Waals surface area contributed by atoms with Crippen molar-refractivity contribution in [3.63, 3.8) is 0 Å². The van der Waals surface area contributed by atoms with E-state index in [0.29, 0.717) is 23.5 Å². The van der Waals surface area contributed by atoms with Crippen LogP contribution in [0.3, 0.4) is 0 Å². The summed E-state index contributed by atoms with van der Waals surface area (Å²) in [5.41, 5.74) is 6.51. The number of rotatable bonds is 12. The molecule has 0 atom stereocenters. The molecular weight excluding hydrogens is 1110 g/mol. The quantitative estimate of drug-likeness (QED) is 0.0202. The fourth-order valence-corrected chi connectivity index (χ4v) is 8.39. The number of benzene rings is 2. The first-order valence-corrected chi connectivity index (χ1v) is 23.9. The highest BCUT2D eigenvalue weighted by molar-refractivity contribution is 7.93. The van der Waals surface area contributed by atoms with Crippen molar-refractivity contribution in [3.8, 4) is 17.2 Å². The molecule has 73 heavy (non-hydrogen) atoms. The van der Waals surface area contributed by atoms with E-state index < -0.39 is 81.4 Å². The van der Waals surface area contributed by atoms with Crippen molar-refractivity contribution in [1.29, 1.82) is 0 Å². The zero-order valence-electron chi connectivity index (χ0n) is 37.7. The highest BCUT2D eigenvalue weighted by Crippen LogP contribution is 2.38. The number of anilines is 3. The number of pyridine rings is 2. The van der Waals surface area contributed by atoms with Crippen LogP contribution in [0.1, 0.15) is 33.0 Å². The lowest BCUT2D eigenvalue weighted by molar-refractivity contribution is -0.252. The summed E-state index contributed by atoms with van der Waals surface area (Å²) >= 11 is 22.8. The largest absolute Gasteiger partial charge is 0.417 e. The predicted octanol–water partition coefficient (Wildman–Crippen LogP) is 7.81. The molecule has 5 heterocycles. The summed E-state index contributed by atoms with van der Waals surface area (Å²) in [6.45, 7) is 3.12. The number of aromatic amines is 2. The summed E-state index contributed by atoms with van der Waals surface area (Å²) < 4.78 is 149. The van der Waals surface area contributed by atoms with Crippen molar-refractivity contribution in [3.05, 3.63) is 128 Å². The average Bonchev–Trinajstić information content (AvgIpc) is 4.07. The van der Waals surface area contributed by atoms with Crippen molar-refractivity contribution >= 4 is 89.4 Å². The van der Waals surface area contributed by atoms with E-state index in [2.05, 4.69) is 59.5 Å². The molecule has 0 aliphatic rings. The topological polar surface area (TPSA) is 315 Å². The highest BCUT2D eigenvalue weighted by atomic mass is 35.5.